The van der Waals surface area contributed by atoms with Gasteiger partial charge in [-0.15, -0.1) is 0 Å². The van der Waals surface area contributed by atoms with Gasteiger partial charge in [-0.1, -0.05) is 13.8 Å². The van der Waals surface area contributed by atoms with Crippen molar-refractivity contribution in [2.24, 2.45) is 17.8 Å². The van der Waals surface area contributed by atoms with Gasteiger partial charge in [0.1, 0.15) is 12.2 Å². The molecule has 0 aromatic rings. The van der Waals surface area contributed by atoms with E-state index in [4.69, 9.17) is 8.92 Å². The summed E-state index contributed by atoms with van der Waals surface area (Å²) in [6, 6.07) is 0. The van der Waals surface area contributed by atoms with Crippen LogP contribution in [0.25, 0.3) is 0 Å². The largest absolute Gasteiger partial charge is 0.459 e. The standard InChI is InChI=1S/C13H23NO5S/c1-4-8(2)13(15)18-11-9-5-6-10(7-9)12(11)19-20(16,17)14-3/h8-12,14H,4-7H2,1-3H3. The molecule has 2 aliphatic carbocycles. The van der Waals surface area contributed by atoms with Crippen LogP contribution in [0.1, 0.15) is 39.5 Å². The molecule has 20 heavy (non-hydrogen) atoms. The highest BCUT2D eigenvalue weighted by Crippen LogP contribution is 2.48. The maximum absolute atomic E-state index is 11.9. The number of hydrogen-bond donors (Lipinski definition) is 1. The topological polar surface area (TPSA) is 81.7 Å². The van der Waals surface area contributed by atoms with E-state index < -0.39 is 22.5 Å². The first-order chi connectivity index (χ1) is 9.38. The maximum Gasteiger partial charge on any atom is 0.335 e. The Morgan fingerprint density at radius 2 is 1.90 bits per heavy atom. The van der Waals surface area contributed by atoms with Crippen LogP contribution < -0.4 is 4.72 Å². The molecule has 5 unspecified atom stereocenters. The first kappa shape index (κ1) is 15.7. The van der Waals surface area contributed by atoms with Crippen LogP contribution in [0.5, 0.6) is 0 Å². The Labute approximate surface area is 120 Å². The lowest BCUT2D eigenvalue weighted by atomic mass is 9.94. The predicted octanol–water partition coefficient (Wildman–Crippen LogP) is 1.22. The second kappa shape index (κ2) is 5.99. The van der Waals surface area contributed by atoms with Gasteiger partial charge < -0.3 is 4.74 Å². The van der Waals surface area contributed by atoms with E-state index >= 15 is 0 Å². The molecule has 116 valence electrons. The highest BCUT2D eigenvalue weighted by atomic mass is 32.2. The van der Waals surface area contributed by atoms with Gasteiger partial charge in [0.25, 0.3) is 0 Å². The van der Waals surface area contributed by atoms with Crippen LogP contribution in [0.4, 0.5) is 0 Å². The highest BCUT2D eigenvalue weighted by molar-refractivity contribution is 7.84. The molecule has 0 saturated heterocycles. The number of carbonyl (C=O) groups is 1. The van der Waals surface area contributed by atoms with E-state index in [1.165, 1.54) is 7.05 Å². The summed E-state index contributed by atoms with van der Waals surface area (Å²) in [4.78, 5) is 11.9. The third-order valence-corrected chi connectivity index (χ3v) is 5.50. The van der Waals surface area contributed by atoms with Crippen LogP contribution in [0.2, 0.25) is 0 Å². The summed E-state index contributed by atoms with van der Waals surface area (Å²) in [5.41, 5.74) is 0. The number of fused-ring (bicyclic) bond motifs is 2. The van der Waals surface area contributed by atoms with Gasteiger partial charge >= 0.3 is 16.3 Å². The first-order valence-corrected chi connectivity index (χ1v) is 8.61. The van der Waals surface area contributed by atoms with E-state index in [2.05, 4.69) is 4.72 Å². The highest BCUT2D eigenvalue weighted by Gasteiger charge is 2.52. The molecule has 2 saturated carbocycles. The Morgan fingerprint density at radius 3 is 2.45 bits per heavy atom. The summed E-state index contributed by atoms with van der Waals surface area (Å²) in [5.74, 6) is -0.0425. The van der Waals surface area contributed by atoms with Crippen LogP contribution in [-0.2, 0) is 24.0 Å². The van der Waals surface area contributed by atoms with Gasteiger partial charge in [-0.25, -0.2) is 0 Å². The van der Waals surface area contributed by atoms with Crippen molar-refractivity contribution in [1.82, 2.24) is 4.72 Å². The molecular weight excluding hydrogens is 282 g/mol. The van der Waals surface area contributed by atoms with Crippen LogP contribution >= 0.6 is 0 Å². The van der Waals surface area contributed by atoms with Gasteiger partial charge in [0, 0.05) is 7.05 Å². The molecule has 0 heterocycles. The Hall–Kier alpha value is -0.660. The van der Waals surface area contributed by atoms with Crippen LogP contribution in [0, 0.1) is 17.8 Å². The fraction of sp³-hybridized carbons (Fsp3) is 0.923. The Bertz CT molecular complexity index is 463. The zero-order valence-electron chi connectivity index (χ0n) is 12.2. The van der Waals surface area contributed by atoms with Crippen molar-refractivity contribution in [1.29, 1.82) is 0 Å². The minimum atomic E-state index is -3.76. The van der Waals surface area contributed by atoms with Crippen LogP contribution in [0.15, 0.2) is 0 Å². The van der Waals surface area contributed by atoms with Crippen molar-refractivity contribution in [2.75, 3.05) is 7.05 Å². The average molecular weight is 305 g/mol. The summed E-state index contributed by atoms with van der Waals surface area (Å²) >= 11 is 0. The predicted molar refractivity (Wildman–Crippen MR) is 73.0 cm³/mol. The smallest absolute Gasteiger partial charge is 0.335 e. The Kier molecular flexibility index (Phi) is 4.71. The van der Waals surface area contributed by atoms with Crippen LogP contribution in [-0.4, -0.2) is 33.6 Å². The van der Waals surface area contributed by atoms with Gasteiger partial charge in [0.05, 0.1) is 5.92 Å². The third kappa shape index (κ3) is 3.15. The van der Waals surface area contributed by atoms with Gasteiger partial charge in [0.2, 0.25) is 0 Å². The molecule has 7 heteroatoms. The minimum absolute atomic E-state index is 0.165. The molecule has 1 N–H and O–H groups in total. The lowest BCUT2D eigenvalue weighted by Gasteiger charge is -2.30. The van der Waals surface area contributed by atoms with Crippen molar-refractivity contribution >= 4 is 16.3 Å². The van der Waals surface area contributed by atoms with Gasteiger partial charge in [-0.3, -0.25) is 8.98 Å². The zero-order valence-corrected chi connectivity index (χ0v) is 13.0. The minimum Gasteiger partial charge on any atom is -0.459 e. The van der Waals surface area contributed by atoms with E-state index in [0.29, 0.717) is 6.42 Å². The number of esters is 1. The first-order valence-electron chi connectivity index (χ1n) is 7.20. The maximum atomic E-state index is 11.9. The lowest BCUT2D eigenvalue weighted by Crippen LogP contribution is -2.42. The Balaban J connectivity index is 2.07. The molecule has 2 rings (SSSR count). The molecule has 0 aromatic carbocycles. The normalized spacial score (nSPS) is 34.1. The molecule has 2 bridgehead atoms. The van der Waals surface area contributed by atoms with Gasteiger partial charge in [-0.05, 0) is 37.5 Å². The number of rotatable bonds is 6. The number of hydrogen-bond acceptors (Lipinski definition) is 5. The summed E-state index contributed by atoms with van der Waals surface area (Å²) in [7, 11) is -2.45. The van der Waals surface area contributed by atoms with Crippen molar-refractivity contribution in [3.05, 3.63) is 0 Å². The van der Waals surface area contributed by atoms with E-state index in [9.17, 15) is 13.2 Å². The van der Waals surface area contributed by atoms with E-state index in [1.54, 1.807) is 0 Å². The van der Waals surface area contributed by atoms with Crippen molar-refractivity contribution in [3.8, 4) is 0 Å². The average Bonchev–Trinajstić information content (AvgIpc) is 3.00. The van der Waals surface area contributed by atoms with Gasteiger partial charge in [0.15, 0.2) is 0 Å². The molecule has 2 aliphatic rings. The summed E-state index contributed by atoms with van der Waals surface area (Å²) in [6.45, 7) is 3.74. The molecule has 2 fully saturated rings. The molecule has 0 spiro atoms. The lowest BCUT2D eigenvalue weighted by molar-refractivity contribution is -0.161. The fourth-order valence-corrected chi connectivity index (χ4v) is 3.75. The van der Waals surface area contributed by atoms with Crippen molar-refractivity contribution in [2.45, 2.75) is 51.7 Å². The monoisotopic (exact) mass is 305 g/mol. The Morgan fingerprint density at radius 1 is 1.30 bits per heavy atom. The van der Waals surface area contributed by atoms with E-state index in [1.807, 2.05) is 13.8 Å². The molecule has 0 amide bonds. The van der Waals surface area contributed by atoms with Crippen molar-refractivity contribution in [3.63, 3.8) is 0 Å². The molecular formula is C13H23NO5S. The number of nitrogens with one attached hydrogen (secondary N) is 1. The van der Waals surface area contributed by atoms with Gasteiger partial charge in [-0.2, -0.15) is 13.1 Å². The molecule has 6 nitrogen and oxygen atoms in total. The molecule has 0 aromatic heterocycles. The molecule has 0 radical (unpaired) electrons. The SMILES string of the molecule is CCC(C)C(=O)OC1C2CCC(C2)C1OS(=O)(=O)NC. The third-order valence-electron chi connectivity index (χ3n) is 4.52. The summed E-state index contributed by atoms with van der Waals surface area (Å²) in [5, 5.41) is 0. The summed E-state index contributed by atoms with van der Waals surface area (Å²) < 4.78 is 36.0. The van der Waals surface area contributed by atoms with E-state index in [0.717, 1.165) is 19.3 Å². The number of carbonyl (C=O) groups excluding carboxylic acids is 1. The van der Waals surface area contributed by atoms with Crippen molar-refractivity contribution < 1.29 is 22.1 Å². The van der Waals surface area contributed by atoms with Crippen LogP contribution in [0.3, 0.4) is 0 Å². The zero-order chi connectivity index (χ0) is 14.9. The molecule has 0 aliphatic heterocycles. The molecule has 5 atom stereocenters. The quantitative estimate of drug-likeness (QED) is 0.746. The second-order valence-electron chi connectivity index (χ2n) is 5.76. The fourth-order valence-electron chi connectivity index (χ4n) is 3.09. The van der Waals surface area contributed by atoms with E-state index in [-0.39, 0.29) is 23.7 Å². The second-order valence-corrected chi connectivity index (χ2v) is 7.27. The number of ether oxygens (including phenoxy) is 1. The summed E-state index contributed by atoms with van der Waals surface area (Å²) in [6.07, 6.45) is 2.52.